The molecule has 1 amide bonds. The molecule has 0 aromatic heterocycles. The third-order valence-corrected chi connectivity index (χ3v) is 4.03. The van der Waals surface area contributed by atoms with Gasteiger partial charge in [0, 0.05) is 5.56 Å². The molecule has 2 aromatic rings. The van der Waals surface area contributed by atoms with Crippen molar-refractivity contribution in [3.05, 3.63) is 65.0 Å². The van der Waals surface area contributed by atoms with Crippen molar-refractivity contribution in [2.45, 2.75) is 26.4 Å². The molecular weight excluding hydrogens is 317 g/mol. The Balaban J connectivity index is 2.03. The number of nitrogens with one attached hydrogen (secondary N) is 2. The van der Waals surface area contributed by atoms with Crippen molar-refractivity contribution in [3.8, 4) is 0 Å². The Labute approximate surface area is 139 Å². The number of hydrogen-bond donors (Lipinski definition) is 2. The number of quaternary nitrogens is 1. The van der Waals surface area contributed by atoms with E-state index in [1.807, 2.05) is 38.2 Å². The standard InChI is InChI=1S/C18H19F3N2O/c1-11-4-6-13(7-5-11)10-23(3)12(2)18(24)22-15-9-8-14(19)16(20)17(15)21/h4-9,12H,10H2,1-3H3,(H,22,24)/p+1/t12-/m1/s1. The van der Waals surface area contributed by atoms with Crippen LogP contribution in [-0.2, 0) is 11.3 Å². The maximum Gasteiger partial charge on any atom is 0.282 e. The van der Waals surface area contributed by atoms with Crippen LogP contribution in [0.5, 0.6) is 0 Å². The van der Waals surface area contributed by atoms with E-state index in [0.29, 0.717) is 6.54 Å². The molecule has 2 rings (SSSR count). The molecule has 0 aliphatic carbocycles. The van der Waals surface area contributed by atoms with Crippen molar-refractivity contribution in [1.29, 1.82) is 0 Å². The maximum atomic E-state index is 13.6. The first-order chi connectivity index (χ1) is 11.3. The van der Waals surface area contributed by atoms with Crippen LogP contribution in [0.2, 0.25) is 0 Å². The van der Waals surface area contributed by atoms with Crippen LogP contribution in [-0.4, -0.2) is 19.0 Å². The number of amides is 1. The molecule has 0 spiro atoms. The summed E-state index contributed by atoms with van der Waals surface area (Å²) in [6, 6.07) is 9.24. The third kappa shape index (κ3) is 4.14. The Morgan fingerprint density at radius 3 is 2.33 bits per heavy atom. The van der Waals surface area contributed by atoms with E-state index in [1.54, 1.807) is 6.92 Å². The minimum atomic E-state index is -1.60. The zero-order valence-electron chi connectivity index (χ0n) is 13.8. The van der Waals surface area contributed by atoms with E-state index in [9.17, 15) is 18.0 Å². The number of halogens is 3. The van der Waals surface area contributed by atoms with Gasteiger partial charge in [0.25, 0.3) is 5.91 Å². The Hall–Kier alpha value is -2.34. The summed E-state index contributed by atoms with van der Waals surface area (Å²) >= 11 is 0. The summed E-state index contributed by atoms with van der Waals surface area (Å²) in [6.45, 7) is 4.29. The van der Waals surface area contributed by atoms with Crippen LogP contribution in [0.1, 0.15) is 18.1 Å². The largest absolute Gasteiger partial charge is 0.324 e. The molecule has 0 aliphatic rings. The highest BCUT2D eigenvalue weighted by atomic mass is 19.2. The summed E-state index contributed by atoms with van der Waals surface area (Å²) in [5, 5.41) is 2.31. The molecule has 2 N–H and O–H groups in total. The second-order valence-electron chi connectivity index (χ2n) is 5.94. The maximum absolute atomic E-state index is 13.6. The molecule has 3 nitrogen and oxygen atoms in total. The Bertz CT molecular complexity index is 732. The van der Waals surface area contributed by atoms with Crippen LogP contribution in [0.15, 0.2) is 36.4 Å². The minimum absolute atomic E-state index is 0.367. The van der Waals surface area contributed by atoms with Gasteiger partial charge in [0.1, 0.15) is 6.54 Å². The second-order valence-corrected chi connectivity index (χ2v) is 5.94. The van der Waals surface area contributed by atoms with Crippen LogP contribution >= 0.6 is 0 Å². The molecule has 0 aliphatic heterocycles. The summed E-state index contributed by atoms with van der Waals surface area (Å²) in [5.41, 5.74) is 1.85. The summed E-state index contributed by atoms with van der Waals surface area (Å²) in [7, 11) is 1.84. The van der Waals surface area contributed by atoms with Gasteiger partial charge in [0.15, 0.2) is 23.5 Å². The molecule has 128 valence electrons. The van der Waals surface area contributed by atoms with Gasteiger partial charge in [0.2, 0.25) is 0 Å². The van der Waals surface area contributed by atoms with E-state index in [0.717, 1.165) is 28.2 Å². The number of hydrogen-bond acceptors (Lipinski definition) is 1. The molecule has 1 unspecified atom stereocenters. The number of aryl methyl sites for hydroxylation is 1. The van der Waals surface area contributed by atoms with Gasteiger partial charge in [-0.15, -0.1) is 0 Å². The van der Waals surface area contributed by atoms with Crippen LogP contribution in [0.3, 0.4) is 0 Å². The topological polar surface area (TPSA) is 33.5 Å². The first-order valence-electron chi connectivity index (χ1n) is 7.61. The van der Waals surface area contributed by atoms with E-state index in [-0.39, 0.29) is 5.69 Å². The summed E-state index contributed by atoms with van der Waals surface area (Å²) in [6.07, 6.45) is 0. The monoisotopic (exact) mass is 337 g/mol. The van der Waals surface area contributed by atoms with Gasteiger partial charge in [0.05, 0.1) is 12.7 Å². The molecule has 0 fully saturated rings. The lowest BCUT2D eigenvalue weighted by atomic mass is 10.1. The number of carbonyl (C=O) groups is 1. The molecular formula is C18H20F3N2O+. The van der Waals surface area contributed by atoms with Crippen molar-refractivity contribution in [3.63, 3.8) is 0 Å². The summed E-state index contributed by atoms with van der Waals surface area (Å²) in [5.74, 6) is -4.75. The van der Waals surface area contributed by atoms with E-state index < -0.39 is 29.4 Å². The quantitative estimate of drug-likeness (QED) is 0.808. The Morgan fingerprint density at radius 1 is 1.08 bits per heavy atom. The molecule has 0 saturated heterocycles. The SMILES string of the molecule is Cc1ccc(C[NH+](C)[C@H](C)C(=O)Nc2ccc(F)c(F)c2F)cc1. The molecule has 2 aromatic carbocycles. The fourth-order valence-electron chi connectivity index (χ4n) is 2.27. The average molecular weight is 337 g/mol. The smallest absolute Gasteiger partial charge is 0.282 e. The van der Waals surface area contributed by atoms with Gasteiger partial charge in [-0.2, -0.15) is 0 Å². The summed E-state index contributed by atoms with van der Waals surface area (Å²) < 4.78 is 39.8. The highest BCUT2D eigenvalue weighted by Gasteiger charge is 2.24. The highest BCUT2D eigenvalue weighted by molar-refractivity contribution is 5.93. The van der Waals surface area contributed by atoms with Crippen LogP contribution in [0.4, 0.5) is 18.9 Å². The molecule has 6 heteroatoms. The number of carbonyl (C=O) groups excluding carboxylic acids is 1. The Morgan fingerprint density at radius 2 is 1.71 bits per heavy atom. The van der Waals surface area contributed by atoms with Crippen LogP contribution < -0.4 is 10.2 Å². The molecule has 0 heterocycles. The lowest BCUT2D eigenvalue weighted by Gasteiger charge is -2.21. The predicted molar refractivity (Wildman–Crippen MR) is 86.2 cm³/mol. The fourth-order valence-corrected chi connectivity index (χ4v) is 2.27. The lowest BCUT2D eigenvalue weighted by Crippen LogP contribution is -3.12. The zero-order valence-corrected chi connectivity index (χ0v) is 13.8. The van der Waals surface area contributed by atoms with Crippen molar-refractivity contribution in [2.24, 2.45) is 0 Å². The normalized spacial score (nSPS) is 13.4. The summed E-state index contributed by atoms with van der Waals surface area (Å²) in [4.78, 5) is 13.1. The molecule has 2 atom stereocenters. The number of likely N-dealkylation sites (N-methyl/N-ethyl adjacent to an activating group) is 1. The zero-order chi connectivity index (χ0) is 17.9. The van der Waals surface area contributed by atoms with Crippen molar-refractivity contribution in [2.75, 3.05) is 12.4 Å². The predicted octanol–water partition coefficient (Wildman–Crippen LogP) is 2.45. The number of anilines is 1. The lowest BCUT2D eigenvalue weighted by molar-refractivity contribution is -0.907. The van der Waals surface area contributed by atoms with Crippen LogP contribution in [0.25, 0.3) is 0 Å². The average Bonchev–Trinajstić information content (AvgIpc) is 2.56. The van der Waals surface area contributed by atoms with E-state index in [2.05, 4.69) is 5.32 Å². The van der Waals surface area contributed by atoms with Gasteiger partial charge in [-0.25, -0.2) is 13.2 Å². The minimum Gasteiger partial charge on any atom is -0.324 e. The van der Waals surface area contributed by atoms with E-state index >= 15 is 0 Å². The molecule has 0 radical (unpaired) electrons. The highest BCUT2D eigenvalue weighted by Crippen LogP contribution is 2.19. The molecule has 0 bridgehead atoms. The van der Waals surface area contributed by atoms with E-state index in [1.165, 1.54) is 0 Å². The van der Waals surface area contributed by atoms with Gasteiger partial charge in [-0.05, 0) is 26.0 Å². The number of rotatable bonds is 5. The van der Waals surface area contributed by atoms with Gasteiger partial charge < -0.3 is 10.2 Å². The van der Waals surface area contributed by atoms with Gasteiger partial charge in [-0.3, -0.25) is 4.79 Å². The first kappa shape index (κ1) is 18.0. The molecule has 24 heavy (non-hydrogen) atoms. The van der Waals surface area contributed by atoms with Crippen molar-refractivity contribution >= 4 is 11.6 Å². The van der Waals surface area contributed by atoms with Crippen molar-refractivity contribution in [1.82, 2.24) is 0 Å². The second kappa shape index (κ2) is 7.49. The number of benzene rings is 2. The van der Waals surface area contributed by atoms with Gasteiger partial charge >= 0.3 is 0 Å². The Kier molecular flexibility index (Phi) is 5.62. The van der Waals surface area contributed by atoms with Crippen molar-refractivity contribution < 1.29 is 22.9 Å². The fraction of sp³-hybridized carbons (Fsp3) is 0.278. The molecule has 0 saturated carbocycles. The first-order valence-corrected chi connectivity index (χ1v) is 7.61. The van der Waals surface area contributed by atoms with Gasteiger partial charge in [-0.1, -0.05) is 29.8 Å². The third-order valence-electron chi connectivity index (χ3n) is 4.03. The van der Waals surface area contributed by atoms with Crippen LogP contribution in [0, 0.1) is 24.4 Å². The van der Waals surface area contributed by atoms with E-state index in [4.69, 9.17) is 0 Å².